The molecule has 0 aliphatic rings. The van der Waals surface area contributed by atoms with Gasteiger partial charge in [-0.25, -0.2) is 9.97 Å². The summed E-state index contributed by atoms with van der Waals surface area (Å²) in [5.74, 6) is -0.326. The van der Waals surface area contributed by atoms with E-state index in [1.54, 1.807) is 19.1 Å². The molecule has 4 rings (SSSR count). The lowest BCUT2D eigenvalue weighted by molar-refractivity contribution is -0.0499. The molecule has 0 aliphatic carbocycles. The zero-order chi connectivity index (χ0) is 21.8. The molecule has 0 aliphatic heterocycles. The average molecular weight is 455 g/mol. The highest BCUT2D eigenvalue weighted by atomic mass is 32.2. The van der Waals surface area contributed by atoms with E-state index in [4.69, 9.17) is 0 Å². The quantitative estimate of drug-likeness (QED) is 0.344. The first-order valence-electron chi connectivity index (χ1n) is 8.38. The molecular formula is C18H12F3N3O4S2. The van der Waals surface area contributed by atoms with Gasteiger partial charge in [-0.1, -0.05) is 17.7 Å². The Hall–Kier alpha value is -2.99. The van der Waals surface area contributed by atoms with Crippen molar-refractivity contribution in [2.24, 2.45) is 0 Å². The minimum Gasteiger partial charge on any atom is -0.375 e. The van der Waals surface area contributed by atoms with Crippen molar-refractivity contribution in [2.75, 3.05) is 0 Å². The number of pyridine rings is 1. The molecule has 0 unspecified atom stereocenters. The molecule has 3 aromatic heterocycles. The molecule has 0 N–H and O–H groups in total. The van der Waals surface area contributed by atoms with Crippen LogP contribution in [0.5, 0.6) is 5.75 Å². The van der Waals surface area contributed by atoms with Crippen molar-refractivity contribution in [1.29, 1.82) is 0 Å². The van der Waals surface area contributed by atoms with Crippen LogP contribution in [0.4, 0.5) is 13.2 Å². The summed E-state index contributed by atoms with van der Waals surface area (Å²) in [5, 5.41) is -0.0680. The van der Waals surface area contributed by atoms with Crippen molar-refractivity contribution in [3.63, 3.8) is 0 Å². The molecule has 12 heteroatoms. The monoisotopic (exact) mass is 455 g/mol. The molecular weight excluding hydrogens is 443 g/mol. The Balaban J connectivity index is 1.99. The van der Waals surface area contributed by atoms with Crippen LogP contribution in [0.15, 0.2) is 41.3 Å². The Morgan fingerprint density at radius 3 is 2.40 bits per heavy atom. The van der Waals surface area contributed by atoms with Gasteiger partial charge in [0.05, 0.1) is 11.1 Å². The SMILES string of the molecule is Cc1ccc(-n2c(C)nc3c(sc4nccc(OS(=O)(=O)C(F)(F)F)c43)c2=O)cc1. The smallest absolute Gasteiger partial charge is 0.375 e. The molecule has 0 spiro atoms. The number of alkyl halides is 3. The molecule has 0 bridgehead atoms. The first-order valence-corrected chi connectivity index (χ1v) is 10.6. The molecule has 0 saturated heterocycles. The van der Waals surface area contributed by atoms with Gasteiger partial charge in [0.2, 0.25) is 0 Å². The Morgan fingerprint density at radius 2 is 1.77 bits per heavy atom. The van der Waals surface area contributed by atoms with E-state index in [1.165, 1.54) is 4.57 Å². The third kappa shape index (κ3) is 3.21. The summed E-state index contributed by atoms with van der Waals surface area (Å²) >= 11 is 0.894. The van der Waals surface area contributed by atoms with Gasteiger partial charge in [-0.3, -0.25) is 9.36 Å². The summed E-state index contributed by atoms with van der Waals surface area (Å²) in [5.41, 5.74) is -4.46. The maximum Gasteiger partial charge on any atom is 0.534 e. The number of benzene rings is 1. The third-order valence-corrected chi connectivity index (χ3v) is 6.34. The summed E-state index contributed by atoms with van der Waals surface area (Å²) in [6.07, 6.45) is 1.10. The van der Waals surface area contributed by atoms with E-state index in [9.17, 15) is 26.4 Å². The van der Waals surface area contributed by atoms with Crippen LogP contribution in [0, 0.1) is 13.8 Å². The zero-order valence-corrected chi connectivity index (χ0v) is 17.0. The second-order valence-electron chi connectivity index (χ2n) is 6.39. The third-order valence-electron chi connectivity index (χ3n) is 4.30. The van der Waals surface area contributed by atoms with E-state index in [-0.39, 0.29) is 26.3 Å². The van der Waals surface area contributed by atoms with Crippen molar-refractivity contribution in [1.82, 2.24) is 14.5 Å². The molecule has 0 amide bonds. The van der Waals surface area contributed by atoms with E-state index in [0.29, 0.717) is 5.69 Å². The van der Waals surface area contributed by atoms with E-state index in [2.05, 4.69) is 14.2 Å². The predicted molar refractivity (Wildman–Crippen MR) is 106 cm³/mol. The Kier molecular flexibility index (Phi) is 4.58. The molecule has 3 heterocycles. The Morgan fingerprint density at radius 1 is 1.10 bits per heavy atom. The average Bonchev–Trinajstić information content (AvgIpc) is 3.02. The number of thiophene rings is 1. The minimum absolute atomic E-state index is 0.0290. The van der Waals surface area contributed by atoms with Gasteiger partial charge in [0.15, 0.2) is 5.75 Å². The van der Waals surface area contributed by atoms with Crippen LogP contribution in [-0.2, 0) is 10.1 Å². The summed E-state index contributed by atoms with van der Waals surface area (Å²) in [4.78, 5) is 21.6. The van der Waals surface area contributed by atoms with Crippen molar-refractivity contribution in [3.05, 3.63) is 58.3 Å². The number of halogens is 3. The van der Waals surface area contributed by atoms with Crippen molar-refractivity contribution in [2.45, 2.75) is 19.4 Å². The molecule has 0 atom stereocenters. The molecule has 156 valence electrons. The number of rotatable bonds is 3. The van der Waals surface area contributed by atoms with Crippen molar-refractivity contribution < 1.29 is 25.8 Å². The maximum absolute atomic E-state index is 13.1. The molecule has 4 aromatic rings. The predicted octanol–water partition coefficient (Wildman–Crippen LogP) is 3.84. The van der Waals surface area contributed by atoms with Gasteiger partial charge in [-0.2, -0.15) is 21.6 Å². The topological polar surface area (TPSA) is 91.2 Å². The maximum atomic E-state index is 13.1. The van der Waals surface area contributed by atoms with Crippen LogP contribution in [0.3, 0.4) is 0 Å². The lowest BCUT2D eigenvalue weighted by atomic mass is 10.2. The second-order valence-corrected chi connectivity index (χ2v) is 8.92. The summed E-state index contributed by atoms with van der Waals surface area (Å²) in [7, 11) is -5.90. The molecule has 0 fully saturated rings. The van der Waals surface area contributed by atoms with Gasteiger partial charge in [0.25, 0.3) is 5.56 Å². The molecule has 0 radical (unpaired) electrons. The Labute approximate surface area is 171 Å². The van der Waals surface area contributed by atoms with Crippen LogP contribution >= 0.6 is 11.3 Å². The standard InChI is InChI=1S/C18H12F3N3O4S2/c1-9-3-5-11(6-4-9)24-10(2)23-14-13-12(28-30(26,27)18(19,20)21)7-8-22-16(13)29-15(14)17(24)25/h3-8H,1-2H3. The molecule has 30 heavy (non-hydrogen) atoms. The summed E-state index contributed by atoms with van der Waals surface area (Å²) in [6.45, 7) is 3.46. The van der Waals surface area contributed by atoms with Crippen molar-refractivity contribution >= 4 is 41.9 Å². The second kappa shape index (κ2) is 6.77. The molecule has 1 aromatic carbocycles. The fourth-order valence-corrected chi connectivity index (χ4v) is 4.42. The number of nitrogens with zero attached hydrogens (tertiary/aromatic N) is 3. The van der Waals surface area contributed by atoms with Gasteiger partial charge >= 0.3 is 15.6 Å². The molecule has 7 nitrogen and oxygen atoms in total. The highest BCUT2D eigenvalue weighted by molar-refractivity contribution is 7.88. The number of aromatic nitrogens is 3. The highest BCUT2D eigenvalue weighted by Crippen LogP contribution is 2.38. The van der Waals surface area contributed by atoms with Crippen LogP contribution in [0.2, 0.25) is 0 Å². The molecule has 0 saturated carbocycles. The van der Waals surface area contributed by atoms with Gasteiger partial charge in [0, 0.05) is 12.3 Å². The van der Waals surface area contributed by atoms with Crippen LogP contribution in [0.25, 0.3) is 26.1 Å². The number of aryl methyl sites for hydroxylation is 2. The fourth-order valence-electron chi connectivity index (χ4n) is 2.92. The van der Waals surface area contributed by atoms with Crippen LogP contribution in [0.1, 0.15) is 11.4 Å². The zero-order valence-electron chi connectivity index (χ0n) is 15.4. The number of hydrogen-bond donors (Lipinski definition) is 0. The largest absolute Gasteiger partial charge is 0.534 e. The van der Waals surface area contributed by atoms with Crippen LogP contribution < -0.4 is 9.74 Å². The Bertz CT molecular complexity index is 1460. The minimum atomic E-state index is -5.90. The number of fused-ring (bicyclic) bond motifs is 3. The lowest BCUT2D eigenvalue weighted by Gasteiger charge is -2.11. The fraction of sp³-hybridized carbons (Fsp3) is 0.167. The summed E-state index contributed by atoms with van der Waals surface area (Å²) in [6, 6.07) is 8.12. The normalized spacial score (nSPS) is 12.6. The van der Waals surface area contributed by atoms with E-state index in [0.717, 1.165) is 29.2 Å². The van der Waals surface area contributed by atoms with Gasteiger partial charge in [0.1, 0.15) is 20.9 Å². The van der Waals surface area contributed by atoms with Gasteiger partial charge in [-0.15, -0.1) is 11.3 Å². The van der Waals surface area contributed by atoms with E-state index < -0.39 is 26.9 Å². The summed E-state index contributed by atoms with van der Waals surface area (Å²) < 4.78 is 67.0. The van der Waals surface area contributed by atoms with Gasteiger partial charge in [-0.05, 0) is 26.0 Å². The van der Waals surface area contributed by atoms with Gasteiger partial charge < -0.3 is 4.18 Å². The first kappa shape index (κ1) is 20.3. The van der Waals surface area contributed by atoms with Crippen molar-refractivity contribution in [3.8, 4) is 11.4 Å². The number of hydrogen-bond acceptors (Lipinski definition) is 7. The lowest BCUT2D eigenvalue weighted by Crippen LogP contribution is -2.28. The van der Waals surface area contributed by atoms with E-state index in [1.807, 2.05) is 19.1 Å². The highest BCUT2D eigenvalue weighted by Gasteiger charge is 2.48. The first-order chi connectivity index (χ1) is 14.0. The van der Waals surface area contributed by atoms with Crippen LogP contribution in [-0.4, -0.2) is 28.5 Å². The van der Waals surface area contributed by atoms with E-state index >= 15 is 0 Å².